The van der Waals surface area contributed by atoms with Crippen LogP contribution in [0.3, 0.4) is 0 Å². The van der Waals surface area contributed by atoms with Gasteiger partial charge >= 0.3 is 5.97 Å². The molecule has 2 aromatic rings. The molecule has 1 N–H and O–H groups in total. The number of carbonyl (C=O) groups is 2. The first-order valence-corrected chi connectivity index (χ1v) is 12.7. The van der Waals surface area contributed by atoms with Gasteiger partial charge in [0.1, 0.15) is 0 Å². The number of aryl methyl sites for hydroxylation is 2. The van der Waals surface area contributed by atoms with E-state index >= 15 is 0 Å². The highest BCUT2D eigenvalue weighted by Crippen LogP contribution is 2.46. The number of amidine groups is 1. The molecule has 2 aliphatic rings. The fourth-order valence-electron chi connectivity index (χ4n) is 4.48. The third-order valence-electron chi connectivity index (χ3n) is 6.28. The van der Waals surface area contributed by atoms with Gasteiger partial charge in [0.05, 0.1) is 30.8 Å². The van der Waals surface area contributed by atoms with Crippen molar-refractivity contribution in [3.05, 3.63) is 93.2 Å². The number of hydrogen-bond acceptors (Lipinski definition) is 6. The molecule has 182 valence electrons. The molecule has 2 aliphatic heterocycles. The summed E-state index contributed by atoms with van der Waals surface area (Å²) in [5, 5.41) is 5.79. The van der Waals surface area contributed by atoms with E-state index in [-0.39, 0.29) is 18.3 Å². The van der Waals surface area contributed by atoms with E-state index in [9.17, 15) is 9.59 Å². The Hall–Kier alpha value is -3.32. The Balaban J connectivity index is 1.61. The third-order valence-corrected chi connectivity index (χ3v) is 7.17. The van der Waals surface area contributed by atoms with Crippen LogP contribution >= 0.6 is 11.8 Å². The van der Waals surface area contributed by atoms with Gasteiger partial charge < -0.3 is 15.0 Å². The van der Waals surface area contributed by atoms with Crippen molar-refractivity contribution < 1.29 is 14.3 Å². The number of aliphatic imine (C=N–C) groups is 1. The van der Waals surface area contributed by atoms with E-state index in [1.807, 2.05) is 49.3 Å². The van der Waals surface area contributed by atoms with Crippen LogP contribution in [0.4, 0.5) is 0 Å². The molecule has 0 aliphatic carbocycles. The number of thioether (sulfide) groups is 1. The maximum atomic E-state index is 13.0. The van der Waals surface area contributed by atoms with Crippen molar-refractivity contribution in [3.63, 3.8) is 0 Å². The standard InChI is InChI=1S/C28H31N3O3S/c1-5-23-25(27(33)34-4)26(22-15-18(2)11-12-19(22)3)31-21(17-35-28(31)30-23)16-24(32)29-14-13-20-9-7-6-8-10-20/h6-12,15,17,26H,5,13-14,16H2,1-4H3,(H,29,32)/t26-/m1/s1. The number of hydrogen-bond donors (Lipinski definition) is 1. The number of methoxy groups -OCH3 is 1. The first-order valence-electron chi connectivity index (χ1n) is 11.9. The number of nitrogens with one attached hydrogen (secondary N) is 1. The van der Waals surface area contributed by atoms with Crippen LogP contribution in [-0.4, -0.2) is 35.6 Å². The lowest BCUT2D eigenvalue weighted by Crippen LogP contribution is -2.38. The first-order chi connectivity index (χ1) is 16.9. The van der Waals surface area contributed by atoms with Crippen LogP contribution < -0.4 is 5.32 Å². The molecule has 2 aromatic carbocycles. The summed E-state index contributed by atoms with van der Waals surface area (Å²) in [6.07, 6.45) is 1.59. The Morgan fingerprint density at radius 2 is 1.91 bits per heavy atom. The van der Waals surface area contributed by atoms with Crippen LogP contribution in [0.5, 0.6) is 0 Å². The minimum Gasteiger partial charge on any atom is -0.466 e. The molecule has 35 heavy (non-hydrogen) atoms. The molecule has 0 saturated carbocycles. The van der Waals surface area contributed by atoms with Crippen molar-refractivity contribution >= 4 is 28.8 Å². The quantitative estimate of drug-likeness (QED) is 0.517. The molecule has 4 rings (SSSR count). The first kappa shape index (κ1) is 24.8. The number of benzene rings is 2. The summed E-state index contributed by atoms with van der Waals surface area (Å²) >= 11 is 1.49. The Kier molecular flexibility index (Phi) is 7.76. The minimum absolute atomic E-state index is 0.0568. The molecule has 0 saturated heterocycles. The molecule has 0 unspecified atom stereocenters. The zero-order valence-corrected chi connectivity index (χ0v) is 21.4. The number of rotatable bonds is 8. The summed E-state index contributed by atoms with van der Waals surface area (Å²) in [5.41, 5.74) is 6.46. The van der Waals surface area contributed by atoms with Gasteiger partial charge in [0.2, 0.25) is 5.91 Å². The Morgan fingerprint density at radius 3 is 2.63 bits per heavy atom. The van der Waals surface area contributed by atoms with Crippen LogP contribution in [0.25, 0.3) is 0 Å². The van der Waals surface area contributed by atoms with E-state index in [4.69, 9.17) is 9.73 Å². The average molecular weight is 490 g/mol. The molecule has 0 aromatic heterocycles. The SMILES string of the molecule is CCC1=C(C(=O)OC)[C@@H](c2cc(C)ccc2C)N2C(CC(=O)NCCc3ccccc3)=CSC2=N1. The van der Waals surface area contributed by atoms with Crippen molar-refractivity contribution in [1.29, 1.82) is 0 Å². The highest BCUT2D eigenvalue weighted by molar-refractivity contribution is 8.16. The molecule has 0 bridgehead atoms. The van der Waals surface area contributed by atoms with Crippen molar-refractivity contribution in [2.45, 2.75) is 46.1 Å². The summed E-state index contributed by atoms with van der Waals surface area (Å²) in [4.78, 5) is 32.8. The van der Waals surface area contributed by atoms with Crippen molar-refractivity contribution in [2.75, 3.05) is 13.7 Å². The number of esters is 1. The molecule has 0 fully saturated rings. The molecular weight excluding hydrogens is 458 g/mol. The number of carbonyl (C=O) groups excluding carboxylic acids is 2. The zero-order chi connectivity index (χ0) is 24.9. The highest BCUT2D eigenvalue weighted by Gasteiger charge is 2.42. The van der Waals surface area contributed by atoms with Crippen molar-refractivity contribution in [3.8, 4) is 0 Å². The van der Waals surface area contributed by atoms with Gasteiger partial charge in [0, 0.05) is 12.2 Å². The maximum absolute atomic E-state index is 13.0. The minimum atomic E-state index is -0.400. The monoisotopic (exact) mass is 489 g/mol. The van der Waals surface area contributed by atoms with E-state index < -0.39 is 6.04 Å². The van der Waals surface area contributed by atoms with Crippen molar-refractivity contribution in [1.82, 2.24) is 10.2 Å². The molecular formula is C28H31N3O3S. The molecule has 0 radical (unpaired) electrons. The molecule has 7 heteroatoms. The second-order valence-electron chi connectivity index (χ2n) is 8.72. The van der Waals surface area contributed by atoms with Gasteiger partial charge in [-0.2, -0.15) is 0 Å². The lowest BCUT2D eigenvalue weighted by Gasteiger charge is -2.37. The van der Waals surface area contributed by atoms with Crippen LogP contribution in [0.1, 0.15) is 48.1 Å². The maximum Gasteiger partial charge on any atom is 0.338 e. The van der Waals surface area contributed by atoms with Gasteiger partial charge in [0.15, 0.2) is 5.17 Å². The molecule has 1 amide bonds. The van der Waals surface area contributed by atoms with Crippen LogP contribution in [-0.2, 0) is 20.7 Å². The third kappa shape index (κ3) is 5.35. The summed E-state index contributed by atoms with van der Waals surface area (Å²) in [5.74, 6) is -0.447. The van der Waals surface area contributed by atoms with Gasteiger partial charge in [-0.25, -0.2) is 9.79 Å². The smallest absolute Gasteiger partial charge is 0.338 e. The van der Waals surface area contributed by atoms with Crippen LogP contribution in [0.15, 0.2) is 75.9 Å². The van der Waals surface area contributed by atoms with E-state index in [2.05, 4.69) is 35.6 Å². The van der Waals surface area contributed by atoms with Gasteiger partial charge in [0.25, 0.3) is 0 Å². The van der Waals surface area contributed by atoms with Crippen LogP contribution in [0.2, 0.25) is 0 Å². The topological polar surface area (TPSA) is 71.0 Å². The predicted molar refractivity (Wildman–Crippen MR) is 141 cm³/mol. The van der Waals surface area contributed by atoms with E-state index in [1.165, 1.54) is 24.4 Å². The Bertz CT molecular complexity index is 1220. The highest BCUT2D eigenvalue weighted by atomic mass is 32.2. The number of fused-ring (bicyclic) bond motifs is 1. The normalized spacial score (nSPS) is 17.0. The van der Waals surface area contributed by atoms with Crippen molar-refractivity contribution in [2.24, 2.45) is 4.99 Å². The molecule has 1 atom stereocenters. The van der Waals surface area contributed by atoms with Gasteiger partial charge in [-0.1, -0.05) is 72.8 Å². The largest absolute Gasteiger partial charge is 0.466 e. The number of ether oxygens (including phenoxy) is 1. The fraction of sp³-hybridized carbons (Fsp3) is 0.321. The number of allylic oxidation sites excluding steroid dienone is 1. The van der Waals surface area contributed by atoms with E-state index in [1.54, 1.807) is 0 Å². The van der Waals surface area contributed by atoms with Gasteiger partial charge in [-0.3, -0.25) is 4.79 Å². The lowest BCUT2D eigenvalue weighted by atomic mass is 9.89. The van der Waals surface area contributed by atoms with Gasteiger partial charge in [-0.05, 0) is 48.8 Å². The fourth-order valence-corrected chi connectivity index (χ4v) is 5.42. The average Bonchev–Trinajstić information content (AvgIpc) is 3.26. The number of nitrogens with zero attached hydrogens (tertiary/aromatic N) is 2. The van der Waals surface area contributed by atoms with E-state index in [0.717, 1.165) is 39.7 Å². The summed E-state index contributed by atoms with van der Waals surface area (Å²) < 4.78 is 5.21. The second kappa shape index (κ2) is 11.0. The summed E-state index contributed by atoms with van der Waals surface area (Å²) in [7, 11) is 1.40. The lowest BCUT2D eigenvalue weighted by molar-refractivity contribution is -0.136. The van der Waals surface area contributed by atoms with Gasteiger partial charge in [-0.15, -0.1) is 0 Å². The molecule has 6 nitrogen and oxygen atoms in total. The predicted octanol–water partition coefficient (Wildman–Crippen LogP) is 5.19. The molecule has 2 heterocycles. The summed E-state index contributed by atoms with van der Waals surface area (Å²) in [6.45, 7) is 6.65. The summed E-state index contributed by atoms with van der Waals surface area (Å²) in [6, 6.07) is 15.9. The second-order valence-corrected chi connectivity index (χ2v) is 9.56. The van der Waals surface area contributed by atoms with E-state index in [0.29, 0.717) is 18.5 Å². The Morgan fingerprint density at radius 1 is 1.14 bits per heavy atom. The van der Waals surface area contributed by atoms with Crippen LogP contribution in [0, 0.1) is 13.8 Å². The molecule has 0 spiro atoms. The Labute approximate surface area is 211 Å². The number of amides is 1. The zero-order valence-electron chi connectivity index (χ0n) is 20.6.